The van der Waals surface area contributed by atoms with E-state index in [4.69, 9.17) is 0 Å². The fraction of sp³-hybridized carbons (Fsp3) is 0.100. The molecule has 0 radical (unpaired) electrons. The van der Waals surface area contributed by atoms with Crippen molar-refractivity contribution in [2.24, 2.45) is 0 Å². The highest BCUT2D eigenvalue weighted by molar-refractivity contribution is 6.11. The molecule has 2 heteroatoms. The van der Waals surface area contributed by atoms with E-state index in [1.54, 1.807) is 49.4 Å². The zero-order chi connectivity index (χ0) is 15.9. The quantitative estimate of drug-likeness (QED) is 0.457. The van der Waals surface area contributed by atoms with Gasteiger partial charge in [-0.05, 0) is 19.4 Å². The predicted octanol–water partition coefficient (Wildman–Crippen LogP) is 4.62. The summed E-state index contributed by atoms with van der Waals surface area (Å²) in [6, 6.07) is 15.9. The van der Waals surface area contributed by atoms with E-state index in [1.807, 2.05) is 37.3 Å². The molecular weight excluding hydrogens is 272 g/mol. The molecule has 0 atom stereocenters. The number of carbonyl (C=O) groups excluding carboxylic acids is 2. The molecule has 0 unspecified atom stereocenters. The molecule has 0 heterocycles. The molecule has 0 bridgehead atoms. The molecule has 0 N–H and O–H groups in total. The van der Waals surface area contributed by atoms with Crippen molar-refractivity contribution < 1.29 is 9.59 Å². The van der Waals surface area contributed by atoms with Crippen molar-refractivity contribution in [2.45, 2.75) is 13.8 Å². The van der Waals surface area contributed by atoms with Gasteiger partial charge in [-0.3, -0.25) is 9.59 Å². The van der Waals surface area contributed by atoms with E-state index in [9.17, 15) is 9.59 Å². The van der Waals surface area contributed by atoms with Crippen LogP contribution in [0.3, 0.4) is 0 Å². The van der Waals surface area contributed by atoms with Crippen molar-refractivity contribution in [1.29, 1.82) is 0 Å². The second kappa shape index (κ2) is 7.32. The summed E-state index contributed by atoms with van der Waals surface area (Å²) in [6.07, 6.45) is 5.49. The highest BCUT2D eigenvalue weighted by Gasteiger charge is 2.11. The molecule has 2 aromatic carbocycles. The van der Waals surface area contributed by atoms with Crippen LogP contribution in [0.5, 0.6) is 0 Å². The zero-order valence-electron chi connectivity index (χ0n) is 12.7. The molecule has 0 amide bonds. The fourth-order valence-corrected chi connectivity index (χ4v) is 2.07. The lowest BCUT2D eigenvalue weighted by Gasteiger charge is -2.04. The number of hydrogen-bond acceptors (Lipinski definition) is 2. The molecule has 0 aliphatic rings. The standard InChI is InChI=1S/C20H18O2/c1-3-4-8-15(2)19(21)17-11-13-18(14-12-17)20(22)16-9-6-5-7-10-16/h3-14H,1-2H3/b4-3-,15-8+. The van der Waals surface area contributed by atoms with Crippen LogP contribution in [-0.4, -0.2) is 11.6 Å². The van der Waals surface area contributed by atoms with Crippen molar-refractivity contribution in [2.75, 3.05) is 0 Å². The van der Waals surface area contributed by atoms with Crippen LogP contribution in [0, 0.1) is 0 Å². The Kier molecular flexibility index (Phi) is 5.21. The molecule has 0 aromatic heterocycles. The first kappa shape index (κ1) is 15.6. The van der Waals surface area contributed by atoms with Crippen LogP contribution >= 0.6 is 0 Å². The minimum Gasteiger partial charge on any atom is -0.289 e. The van der Waals surface area contributed by atoms with Gasteiger partial charge in [-0.1, -0.05) is 72.8 Å². The van der Waals surface area contributed by atoms with Crippen LogP contribution < -0.4 is 0 Å². The fourth-order valence-electron chi connectivity index (χ4n) is 2.07. The van der Waals surface area contributed by atoms with Gasteiger partial charge in [-0.2, -0.15) is 0 Å². The van der Waals surface area contributed by atoms with E-state index < -0.39 is 0 Å². The summed E-state index contributed by atoms with van der Waals surface area (Å²) < 4.78 is 0. The molecule has 0 spiro atoms. The molecule has 0 aliphatic carbocycles. The van der Waals surface area contributed by atoms with Gasteiger partial charge >= 0.3 is 0 Å². The van der Waals surface area contributed by atoms with Crippen LogP contribution in [0.15, 0.2) is 78.4 Å². The molecule has 0 saturated heterocycles. The van der Waals surface area contributed by atoms with Crippen molar-refractivity contribution in [1.82, 2.24) is 0 Å². The molecular formula is C20H18O2. The van der Waals surface area contributed by atoms with Gasteiger partial charge in [0.25, 0.3) is 0 Å². The van der Waals surface area contributed by atoms with E-state index in [0.29, 0.717) is 22.3 Å². The van der Waals surface area contributed by atoms with Crippen molar-refractivity contribution in [3.05, 3.63) is 95.1 Å². The normalized spacial score (nSPS) is 11.6. The smallest absolute Gasteiger partial charge is 0.193 e. The maximum atomic E-state index is 12.3. The summed E-state index contributed by atoms with van der Waals surface area (Å²) in [6.45, 7) is 3.68. The lowest BCUT2D eigenvalue weighted by molar-refractivity contribution is 0.102. The second-order valence-corrected chi connectivity index (χ2v) is 4.98. The predicted molar refractivity (Wildman–Crippen MR) is 89.2 cm³/mol. The van der Waals surface area contributed by atoms with E-state index in [0.717, 1.165) is 0 Å². The van der Waals surface area contributed by atoms with Gasteiger partial charge in [0.05, 0.1) is 0 Å². The zero-order valence-corrected chi connectivity index (χ0v) is 12.7. The number of hydrogen-bond donors (Lipinski definition) is 0. The summed E-state index contributed by atoms with van der Waals surface area (Å²) in [5, 5.41) is 0. The topological polar surface area (TPSA) is 34.1 Å². The largest absolute Gasteiger partial charge is 0.289 e. The monoisotopic (exact) mass is 290 g/mol. The summed E-state index contributed by atoms with van der Waals surface area (Å²) in [4.78, 5) is 24.5. The van der Waals surface area contributed by atoms with Gasteiger partial charge in [0, 0.05) is 16.7 Å². The highest BCUT2D eigenvalue weighted by atomic mass is 16.1. The Labute approximate surface area is 130 Å². The Bertz CT molecular complexity index is 720. The average Bonchev–Trinajstić information content (AvgIpc) is 2.59. The van der Waals surface area contributed by atoms with Crippen LogP contribution in [-0.2, 0) is 0 Å². The number of rotatable bonds is 5. The van der Waals surface area contributed by atoms with Gasteiger partial charge in [0.2, 0.25) is 0 Å². The number of allylic oxidation sites excluding steroid dienone is 4. The maximum absolute atomic E-state index is 12.3. The third-order valence-corrected chi connectivity index (χ3v) is 3.34. The minimum absolute atomic E-state index is 0.0307. The molecule has 0 saturated carbocycles. The Morgan fingerprint density at radius 3 is 1.95 bits per heavy atom. The van der Waals surface area contributed by atoms with Crippen LogP contribution in [0.1, 0.15) is 40.1 Å². The number of ketones is 2. The van der Waals surface area contributed by atoms with Gasteiger partial charge in [0.1, 0.15) is 0 Å². The van der Waals surface area contributed by atoms with Crippen LogP contribution in [0.4, 0.5) is 0 Å². The summed E-state index contributed by atoms with van der Waals surface area (Å²) in [5.74, 6) is -0.0717. The lowest BCUT2D eigenvalue weighted by Crippen LogP contribution is -2.04. The Morgan fingerprint density at radius 1 is 0.818 bits per heavy atom. The van der Waals surface area contributed by atoms with E-state index >= 15 is 0 Å². The molecule has 2 rings (SSSR count). The van der Waals surface area contributed by atoms with E-state index in [1.165, 1.54) is 0 Å². The molecule has 110 valence electrons. The Morgan fingerprint density at radius 2 is 1.36 bits per heavy atom. The van der Waals surface area contributed by atoms with Gasteiger partial charge < -0.3 is 0 Å². The molecule has 2 aromatic rings. The van der Waals surface area contributed by atoms with E-state index in [-0.39, 0.29) is 11.6 Å². The van der Waals surface area contributed by atoms with Crippen LogP contribution in [0.25, 0.3) is 0 Å². The van der Waals surface area contributed by atoms with Gasteiger partial charge in [-0.25, -0.2) is 0 Å². The molecule has 22 heavy (non-hydrogen) atoms. The Hall–Kier alpha value is -2.74. The number of carbonyl (C=O) groups is 2. The maximum Gasteiger partial charge on any atom is 0.193 e. The van der Waals surface area contributed by atoms with Gasteiger partial charge in [0.15, 0.2) is 11.6 Å². The second-order valence-electron chi connectivity index (χ2n) is 4.98. The molecule has 2 nitrogen and oxygen atoms in total. The molecule has 0 aliphatic heterocycles. The molecule has 0 fully saturated rings. The third kappa shape index (κ3) is 3.67. The SMILES string of the molecule is C/C=C\C=C(/C)C(=O)c1ccc(C(=O)c2ccccc2)cc1. The van der Waals surface area contributed by atoms with E-state index in [2.05, 4.69) is 0 Å². The van der Waals surface area contributed by atoms with Crippen LogP contribution in [0.2, 0.25) is 0 Å². The number of benzene rings is 2. The van der Waals surface area contributed by atoms with Crippen molar-refractivity contribution >= 4 is 11.6 Å². The summed E-state index contributed by atoms with van der Waals surface area (Å²) in [5.41, 5.74) is 2.48. The number of Topliss-reactive ketones (excluding diaryl/α,β-unsaturated/α-hetero) is 1. The lowest BCUT2D eigenvalue weighted by atomic mass is 9.99. The van der Waals surface area contributed by atoms with Gasteiger partial charge in [-0.15, -0.1) is 0 Å². The highest BCUT2D eigenvalue weighted by Crippen LogP contribution is 2.13. The summed E-state index contributed by atoms with van der Waals surface area (Å²) >= 11 is 0. The first-order chi connectivity index (χ1) is 10.6. The minimum atomic E-state index is -0.0409. The van der Waals surface area contributed by atoms with Crippen molar-refractivity contribution in [3.63, 3.8) is 0 Å². The first-order valence-electron chi connectivity index (χ1n) is 7.17. The third-order valence-electron chi connectivity index (χ3n) is 3.34. The Balaban J connectivity index is 2.21. The average molecular weight is 290 g/mol. The summed E-state index contributed by atoms with van der Waals surface area (Å²) in [7, 11) is 0. The van der Waals surface area contributed by atoms with Crippen molar-refractivity contribution in [3.8, 4) is 0 Å². The first-order valence-corrected chi connectivity index (χ1v) is 7.17.